The van der Waals surface area contributed by atoms with Crippen molar-refractivity contribution >= 4 is 49.6 Å². The first-order valence-corrected chi connectivity index (χ1v) is 22.7. The summed E-state index contributed by atoms with van der Waals surface area (Å²) in [5.41, 5.74) is 17.0. The third-order valence-corrected chi connectivity index (χ3v) is 14.4. The van der Waals surface area contributed by atoms with E-state index < -0.39 is 52.6 Å². The SMILES string of the molecule is CC(C)(N)C#CC#Cc1cc2n(c1)C(=O)N(CC[C@](C)(C(=O)NO)S(C)(=O)=O)C2.C[C@@](CCN1Cc2cc(C#Cc3ccc(COC(N)=O)cc3)cn2C1=O)(C(=O)NO)S(C)(=O)=O. The summed E-state index contributed by atoms with van der Waals surface area (Å²) in [7, 11) is -7.68. The van der Waals surface area contributed by atoms with Crippen LogP contribution in [0, 0.1) is 35.5 Å². The van der Waals surface area contributed by atoms with Crippen molar-refractivity contribution < 1.29 is 56.0 Å². The lowest BCUT2D eigenvalue weighted by Gasteiger charge is -2.27. The van der Waals surface area contributed by atoms with Gasteiger partial charge in [-0.2, -0.15) is 0 Å². The van der Waals surface area contributed by atoms with Crippen molar-refractivity contribution in [1.29, 1.82) is 0 Å². The van der Waals surface area contributed by atoms with Crippen molar-refractivity contribution in [2.24, 2.45) is 11.5 Å². The molecular weight excluding hydrogens is 861 g/mol. The Bertz CT molecular complexity index is 2720. The van der Waals surface area contributed by atoms with Crippen molar-refractivity contribution in [3.63, 3.8) is 0 Å². The van der Waals surface area contributed by atoms with E-state index in [-0.39, 0.29) is 57.7 Å². The number of fused-ring (bicyclic) bond motifs is 2. The Morgan fingerprint density at radius 3 is 1.54 bits per heavy atom. The van der Waals surface area contributed by atoms with Gasteiger partial charge in [0.1, 0.15) is 6.61 Å². The largest absolute Gasteiger partial charge is 0.445 e. The fourth-order valence-corrected chi connectivity index (χ4v) is 7.77. The third-order valence-electron chi connectivity index (χ3n) is 10.3. The minimum absolute atomic E-state index is 0.00430. The van der Waals surface area contributed by atoms with E-state index in [4.69, 9.17) is 26.6 Å². The molecule has 336 valence electrons. The molecule has 5 amide bonds. The lowest BCUT2D eigenvalue weighted by Crippen LogP contribution is -2.50. The average Bonchev–Trinajstić information content (AvgIpc) is 3.95. The monoisotopic (exact) mass is 908 g/mol. The smallest absolute Gasteiger partial charge is 0.404 e. The van der Waals surface area contributed by atoms with E-state index in [1.807, 2.05) is 0 Å². The quantitative estimate of drug-likeness (QED) is 0.0842. The molecule has 3 aromatic rings. The maximum Gasteiger partial charge on any atom is 0.404 e. The highest BCUT2D eigenvalue weighted by Crippen LogP contribution is 2.27. The maximum absolute atomic E-state index is 12.7. The highest BCUT2D eigenvalue weighted by molar-refractivity contribution is 7.93. The summed E-state index contributed by atoms with van der Waals surface area (Å²) in [4.78, 5) is 62.7. The maximum atomic E-state index is 12.7. The van der Waals surface area contributed by atoms with Crippen LogP contribution in [-0.4, -0.2) is 117 Å². The highest BCUT2D eigenvalue weighted by atomic mass is 32.2. The number of nitrogens with one attached hydrogen (secondary N) is 2. The molecule has 2 aliphatic heterocycles. The van der Waals surface area contributed by atoms with Crippen molar-refractivity contribution in [2.75, 3.05) is 25.6 Å². The Kier molecular flexibility index (Phi) is 14.9. The summed E-state index contributed by atoms with van der Waals surface area (Å²) in [6.07, 6.45) is 3.81. The van der Waals surface area contributed by atoms with Crippen LogP contribution in [0.4, 0.5) is 14.4 Å². The number of hydrogen-bond donors (Lipinski definition) is 6. The first-order chi connectivity index (χ1) is 29.2. The van der Waals surface area contributed by atoms with Gasteiger partial charge in [0.2, 0.25) is 0 Å². The third kappa shape index (κ3) is 11.9. The number of ether oxygens (including phenoxy) is 1. The van der Waals surface area contributed by atoms with Crippen molar-refractivity contribution in [3.05, 3.63) is 82.4 Å². The number of hydrogen-bond acceptors (Lipinski definition) is 13. The Morgan fingerprint density at radius 1 is 0.730 bits per heavy atom. The number of nitrogens with two attached hydrogens (primary N) is 2. The molecule has 20 nitrogen and oxygen atoms in total. The van der Waals surface area contributed by atoms with Crippen LogP contribution in [0.5, 0.6) is 0 Å². The molecule has 0 radical (unpaired) electrons. The van der Waals surface area contributed by atoms with Crippen molar-refractivity contribution in [3.8, 4) is 35.5 Å². The highest BCUT2D eigenvalue weighted by Gasteiger charge is 2.45. The van der Waals surface area contributed by atoms with Crippen LogP contribution in [0.15, 0.2) is 48.8 Å². The molecule has 63 heavy (non-hydrogen) atoms. The zero-order valence-corrected chi connectivity index (χ0v) is 36.9. The van der Waals surface area contributed by atoms with Gasteiger partial charge in [0.25, 0.3) is 11.8 Å². The first kappa shape index (κ1) is 49.0. The molecule has 5 rings (SSSR count). The van der Waals surface area contributed by atoms with Gasteiger partial charge in [-0.05, 0) is 82.2 Å². The van der Waals surface area contributed by atoms with Crippen LogP contribution in [-0.2, 0) is 53.7 Å². The van der Waals surface area contributed by atoms with E-state index >= 15 is 0 Å². The summed E-state index contributed by atoms with van der Waals surface area (Å²) < 4.78 is 52.1. The molecule has 0 unspecified atom stereocenters. The van der Waals surface area contributed by atoms with E-state index in [1.165, 1.54) is 43.7 Å². The Hall–Kier alpha value is -6.61. The molecule has 1 aromatic carbocycles. The lowest BCUT2D eigenvalue weighted by atomic mass is 10.1. The van der Waals surface area contributed by atoms with Gasteiger partial charge >= 0.3 is 18.2 Å². The summed E-state index contributed by atoms with van der Waals surface area (Å²) >= 11 is 0. The Labute approximate surface area is 364 Å². The molecule has 0 spiro atoms. The molecule has 2 aliphatic rings. The minimum Gasteiger partial charge on any atom is -0.445 e. The van der Waals surface area contributed by atoms with Crippen LogP contribution >= 0.6 is 0 Å². The van der Waals surface area contributed by atoms with Gasteiger partial charge in [0.05, 0.1) is 18.6 Å². The van der Waals surface area contributed by atoms with Crippen LogP contribution < -0.4 is 22.4 Å². The number of carbonyl (C=O) groups excluding carboxylic acids is 5. The zero-order valence-electron chi connectivity index (χ0n) is 35.3. The predicted octanol–water partition coefficient (Wildman–Crippen LogP) is 1.03. The van der Waals surface area contributed by atoms with E-state index in [2.05, 4.69) is 35.5 Å². The minimum atomic E-state index is -3.85. The Morgan fingerprint density at radius 2 is 1.16 bits per heavy atom. The number of amides is 5. The summed E-state index contributed by atoms with van der Waals surface area (Å²) in [6, 6.07) is 9.86. The molecule has 2 atom stereocenters. The second kappa shape index (κ2) is 19.2. The van der Waals surface area contributed by atoms with Crippen molar-refractivity contribution in [1.82, 2.24) is 29.9 Å². The molecule has 4 heterocycles. The number of aromatic nitrogens is 2. The number of primary amides is 1. The average molecular weight is 909 g/mol. The molecule has 8 N–H and O–H groups in total. The normalized spacial score (nSPS) is 15.0. The molecule has 0 aliphatic carbocycles. The fourth-order valence-electron chi connectivity index (χ4n) is 6.08. The van der Waals surface area contributed by atoms with Gasteiger partial charge in [0.15, 0.2) is 29.2 Å². The molecule has 2 aromatic heterocycles. The first-order valence-electron chi connectivity index (χ1n) is 18.9. The van der Waals surface area contributed by atoms with Gasteiger partial charge in [-0.15, -0.1) is 0 Å². The Balaban J connectivity index is 0.000000280. The molecular formula is C41H48N8O12S2. The van der Waals surface area contributed by atoms with E-state index in [9.17, 15) is 40.8 Å². The number of hydroxylamine groups is 2. The van der Waals surface area contributed by atoms with Crippen LogP contribution in [0.25, 0.3) is 0 Å². The zero-order chi connectivity index (χ0) is 47.1. The van der Waals surface area contributed by atoms with E-state index in [0.29, 0.717) is 22.5 Å². The van der Waals surface area contributed by atoms with Crippen LogP contribution in [0.1, 0.15) is 74.2 Å². The standard InChI is InChI=1S/C22H24N4O7S.C19H24N4O5S/c1-22(19(27)24-30,34(2,31)32)9-10-25-13-18-11-17(12-26(18)21(25)29)8-5-15-3-6-16(7-4-15)14-33-20(23)28;1-18(2,20)8-6-5-7-14-11-15-13-22(17(25)23(15)12-14)10-9-19(3,16(24)21-26)29(4,27)28/h3-4,6-7,11-12,30H,9-10,13-14H2,1-2H3,(H2,23,28)(H,24,27);11-12,26H,9-10,13,20H2,1-4H3,(H,21,24)/t22-;19-/m11/s1. The molecule has 0 saturated heterocycles. The topological polar surface area (TPSA) is 296 Å². The van der Waals surface area contributed by atoms with Crippen LogP contribution in [0.2, 0.25) is 0 Å². The molecule has 0 saturated carbocycles. The number of carbonyl (C=O) groups is 5. The van der Waals surface area contributed by atoms with Gasteiger partial charge < -0.3 is 26.0 Å². The fraction of sp³-hybridized carbons (Fsp3) is 0.390. The number of nitrogens with zero attached hydrogens (tertiary/aromatic N) is 4. The van der Waals surface area contributed by atoms with Gasteiger partial charge in [-0.25, -0.2) is 42.2 Å². The number of benzene rings is 1. The summed E-state index contributed by atoms with van der Waals surface area (Å²) in [5, 5.41) is 17.8. The number of rotatable bonds is 12. The van der Waals surface area contributed by atoms with Gasteiger partial charge in [-0.3, -0.25) is 29.1 Å². The van der Waals surface area contributed by atoms with Gasteiger partial charge in [-0.1, -0.05) is 35.8 Å². The second-order valence-corrected chi connectivity index (χ2v) is 20.6. The molecule has 22 heteroatoms. The van der Waals surface area contributed by atoms with E-state index in [0.717, 1.165) is 23.6 Å². The van der Waals surface area contributed by atoms with Crippen LogP contribution in [0.3, 0.4) is 0 Å². The molecule has 0 fully saturated rings. The summed E-state index contributed by atoms with van der Waals surface area (Å²) in [5.74, 6) is 14.9. The van der Waals surface area contributed by atoms with Gasteiger partial charge in [0, 0.05) is 66.1 Å². The molecule has 0 bridgehead atoms. The number of sulfone groups is 2. The second-order valence-electron chi connectivity index (χ2n) is 15.8. The predicted molar refractivity (Wildman–Crippen MR) is 227 cm³/mol. The van der Waals surface area contributed by atoms with Crippen molar-refractivity contribution in [2.45, 2.75) is 75.3 Å². The lowest BCUT2D eigenvalue weighted by molar-refractivity contribution is -0.132. The van der Waals surface area contributed by atoms with E-state index in [1.54, 1.807) is 62.6 Å². The summed E-state index contributed by atoms with van der Waals surface area (Å²) in [6.45, 7) is 6.54.